The highest BCUT2D eigenvalue weighted by Gasteiger charge is 2.23. The molecule has 0 aliphatic heterocycles. The molecule has 1 atom stereocenters. The standard InChI is InChI=1S/C18H25N3O3/c1-4-15(22)19-10-11-20-18(24)17(13(2)3)21-16(23)12-14-8-6-5-7-9-14/h4-9,13,17H,1,10-12H2,2-3H3,(H,19,22)(H,20,24)(H,21,23). The van der Waals surface area contributed by atoms with Gasteiger partial charge in [0.05, 0.1) is 6.42 Å². The summed E-state index contributed by atoms with van der Waals surface area (Å²) in [6.07, 6.45) is 1.40. The second kappa shape index (κ2) is 10.2. The zero-order valence-corrected chi connectivity index (χ0v) is 14.2. The average molecular weight is 331 g/mol. The van der Waals surface area contributed by atoms with Gasteiger partial charge in [-0.25, -0.2) is 0 Å². The molecule has 130 valence electrons. The van der Waals surface area contributed by atoms with Crippen LogP contribution in [0, 0.1) is 5.92 Å². The van der Waals surface area contributed by atoms with Crippen molar-refractivity contribution < 1.29 is 14.4 Å². The first-order chi connectivity index (χ1) is 11.4. The van der Waals surface area contributed by atoms with Crippen molar-refractivity contribution in [2.24, 2.45) is 5.92 Å². The Labute approximate surface area is 142 Å². The van der Waals surface area contributed by atoms with Gasteiger partial charge in [0.1, 0.15) is 6.04 Å². The lowest BCUT2D eigenvalue weighted by Crippen LogP contribution is -2.51. The summed E-state index contributed by atoms with van der Waals surface area (Å²) in [6.45, 7) is 7.67. The molecule has 6 heteroatoms. The Morgan fingerprint density at radius 2 is 1.71 bits per heavy atom. The highest BCUT2D eigenvalue weighted by molar-refractivity contribution is 5.89. The quantitative estimate of drug-likeness (QED) is 0.462. The first-order valence-corrected chi connectivity index (χ1v) is 7.95. The van der Waals surface area contributed by atoms with Crippen molar-refractivity contribution in [2.75, 3.05) is 13.1 Å². The van der Waals surface area contributed by atoms with Gasteiger partial charge in [0.25, 0.3) is 0 Å². The molecule has 0 aromatic heterocycles. The lowest BCUT2D eigenvalue weighted by Gasteiger charge is -2.21. The fraction of sp³-hybridized carbons (Fsp3) is 0.389. The van der Waals surface area contributed by atoms with E-state index in [1.807, 2.05) is 44.2 Å². The topological polar surface area (TPSA) is 87.3 Å². The summed E-state index contributed by atoms with van der Waals surface area (Å²) in [5.74, 6) is -0.803. The van der Waals surface area contributed by atoms with E-state index in [-0.39, 0.29) is 36.6 Å². The minimum atomic E-state index is -0.615. The zero-order chi connectivity index (χ0) is 17.9. The predicted octanol–water partition coefficient (Wildman–Crippen LogP) is 0.788. The van der Waals surface area contributed by atoms with Gasteiger partial charge >= 0.3 is 0 Å². The Morgan fingerprint density at radius 3 is 2.29 bits per heavy atom. The highest BCUT2D eigenvalue weighted by atomic mass is 16.2. The molecule has 6 nitrogen and oxygen atoms in total. The number of benzene rings is 1. The summed E-state index contributed by atoms with van der Waals surface area (Å²) in [5.41, 5.74) is 0.894. The van der Waals surface area contributed by atoms with Crippen LogP contribution >= 0.6 is 0 Å². The maximum absolute atomic E-state index is 12.2. The van der Waals surface area contributed by atoms with Crippen molar-refractivity contribution in [2.45, 2.75) is 26.3 Å². The van der Waals surface area contributed by atoms with E-state index in [4.69, 9.17) is 0 Å². The number of nitrogens with one attached hydrogen (secondary N) is 3. The molecule has 0 aliphatic carbocycles. The van der Waals surface area contributed by atoms with Crippen molar-refractivity contribution in [1.82, 2.24) is 16.0 Å². The number of carbonyl (C=O) groups is 3. The van der Waals surface area contributed by atoms with Crippen molar-refractivity contribution in [3.8, 4) is 0 Å². The van der Waals surface area contributed by atoms with Crippen molar-refractivity contribution in [3.63, 3.8) is 0 Å². The van der Waals surface area contributed by atoms with E-state index < -0.39 is 6.04 Å². The summed E-state index contributed by atoms with van der Waals surface area (Å²) in [7, 11) is 0. The second-order valence-electron chi connectivity index (χ2n) is 5.74. The fourth-order valence-corrected chi connectivity index (χ4v) is 2.09. The smallest absolute Gasteiger partial charge is 0.243 e. The molecule has 1 aromatic rings. The molecule has 0 spiro atoms. The summed E-state index contributed by atoms with van der Waals surface area (Å²) in [4.78, 5) is 35.4. The van der Waals surface area contributed by atoms with E-state index in [9.17, 15) is 14.4 Å². The molecule has 0 radical (unpaired) electrons. The van der Waals surface area contributed by atoms with Gasteiger partial charge in [-0.2, -0.15) is 0 Å². The van der Waals surface area contributed by atoms with Crippen LogP contribution in [0.4, 0.5) is 0 Å². The van der Waals surface area contributed by atoms with Crippen LogP contribution in [0.3, 0.4) is 0 Å². The summed E-state index contributed by atoms with van der Waals surface area (Å²) < 4.78 is 0. The number of amides is 3. The van der Waals surface area contributed by atoms with Gasteiger partial charge in [-0.15, -0.1) is 0 Å². The van der Waals surface area contributed by atoms with Gasteiger partial charge in [0.15, 0.2) is 0 Å². The van der Waals surface area contributed by atoms with Crippen LogP contribution in [0.15, 0.2) is 43.0 Å². The molecule has 1 aromatic carbocycles. The third kappa shape index (κ3) is 7.09. The molecule has 1 unspecified atom stereocenters. The van der Waals surface area contributed by atoms with Gasteiger partial charge in [0.2, 0.25) is 17.7 Å². The van der Waals surface area contributed by atoms with Crippen molar-refractivity contribution >= 4 is 17.7 Å². The zero-order valence-electron chi connectivity index (χ0n) is 14.2. The Bertz CT molecular complexity index is 570. The van der Waals surface area contributed by atoms with Gasteiger partial charge < -0.3 is 16.0 Å². The van der Waals surface area contributed by atoms with E-state index in [2.05, 4.69) is 22.5 Å². The molecular formula is C18H25N3O3. The lowest BCUT2D eigenvalue weighted by atomic mass is 10.0. The molecule has 0 saturated carbocycles. The van der Waals surface area contributed by atoms with Crippen LogP contribution < -0.4 is 16.0 Å². The van der Waals surface area contributed by atoms with E-state index >= 15 is 0 Å². The first kappa shape index (κ1) is 19.4. The number of hydrogen-bond donors (Lipinski definition) is 3. The Morgan fingerprint density at radius 1 is 1.08 bits per heavy atom. The van der Waals surface area contributed by atoms with Crippen LogP contribution in [0.1, 0.15) is 19.4 Å². The number of carbonyl (C=O) groups excluding carboxylic acids is 3. The summed E-state index contributed by atoms with van der Waals surface area (Å²) >= 11 is 0. The SMILES string of the molecule is C=CC(=O)NCCNC(=O)C(NC(=O)Cc1ccccc1)C(C)C. The third-order valence-electron chi connectivity index (χ3n) is 3.38. The van der Waals surface area contributed by atoms with Gasteiger partial charge in [-0.1, -0.05) is 50.8 Å². The molecule has 1 rings (SSSR count). The molecule has 24 heavy (non-hydrogen) atoms. The molecule has 0 aliphatic rings. The Hall–Kier alpha value is -2.63. The minimum Gasteiger partial charge on any atom is -0.353 e. The van der Waals surface area contributed by atoms with E-state index in [0.29, 0.717) is 6.54 Å². The van der Waals surface area contributed by atoms with Gasteiger partial charge in [0, 0.05) is 13.1 Å². The van der Waals surface area contributed by atoms with Gasteiger partial charge in [-0.05, 0) is 17.6 Å². The van der Waals surface area contributed by atoms with Crippen LogP contribution in [0.2, 0.25) is 0 Å². The summed E-state index contributed by atoms with van der Waals surface area (Å²) in [5, 5.41) is 8.05. The molecule has 3 amide bonds. The highest BCUT2D eigenvalue weighted by Crippen LogP contribution is 2.04. The molecule has 0 heterocycles. The maximum atomic E-state index is 12.2. The first-order valence-electron chi connectivity index (χ1n) is 7.95. The fourth-order valence-electron chi connectivity index (χ4n) is 2.09. The lowest BCUT2D eigenvalue weighted by molar-refractivity contribution is -0.129. The Balaban J connectivity index is 2.47. The molecular weight excluding hydrogens is 306 g/mol. The van der Waals surface area contributed by atoms with Crippen molar-refractivity contribution in [3.05, 3.63) is 48.6 Å². The minimum absolute atomic E-state index is 0.0486. The number of hydrogen-bond acceptors (Lipinski definition) is 3. The molecule has 0 bridgehead atoms. The van der Waals surface area contributed by atoms with Crippen molar-refractivity contribution in [1.29, 1.82) is 0 Å². The molecule has 3 N–H and O–H groups in total. The predicted molar refractivity (Wildman–Crippen MR) is 93.1 cm³/mol. The monoisotopic (exact) mass is 331 g/mol. The van der Waals surface area contributed by atoms with E-state index in [0.717, 1.165) is 5.56 Å². The number of rotatable bonds is 9. The van der Waals surface area contributed by atoms with Crippen LogP contribution in [0.25, 0.3) is 0 Å². The Kier molecular flexibility index (Phi) is 8.25. The normalized spacial score (nSPS) is 11.5. The van der Waals surface area contributed by atoms with E-state index in [1.165, 1.54) is 6.08 Å². The van der Waals surface area contributed by atoms with Crippen LogP contribution in [0.5, 0.6) is 0 Å². The van der Waals surface area contributed by atoms with Gasteiger partial charge in [-0.3, -0.25) is 14.4 Å². The largest absolute Gasteiger partial charge is 0.353 e. The second-order valence-corrected chi connectivity index (χ2v) is 5.74. The maximum Gasteiger partial charge on any atom is 0.243 e. The van der Waals surface area contributed by atoms with Crippen LogP contribution in [-0.4, -0.2) is 36.9 Å². The summed E-state index contributed by atoms with van der Waals surface area (Å²) in [6, 6.07) is 8.74. The third-order valence-corrected chi connectivity index (χ3v) is 3.38. The molecule has 0 fully saturated rings. The van der Waals surface area contributed by atoms with E-state index in [1.54, 1.807) is 0 Å². The van der Waals surface area contributed by atoms with Crippen LogP contribution in [-0.2, 0) is 20.8 Å². The average Bonchev–Trinajstić information content (AvgIpc) is 2.56. The molecule has 0 saturated heterocycles.